The molecule has 1 aliphatic rings. The van der Waals surface area contributed by atoms with Gasteiger partial charge < -0.3 is 4.90 Å². The Morgan fingerprint density at radius 2 is 1.91 bits per heavy atom. The van der Waals surface area contributed by atoms with Crippen LogP contribution in [0, 0.1) is 6.92 Å². The van der Waals surface area contributed by atoms with Crippen molar-refractivity contribution in [1.29, 1.82) is 0 Å². The van der Waals surface area contributed by atoms with Gasteiger partial charge >= 0.3 is 6.18 Å². The van der Waals surface area contributed by atoms with Crippen LogP contribution in [0.1, 0.15) is 17.0 Å². The second kappa shape index (κ2) is 6.45. The van der Waals surface area contributed by atoms with Crippen LogP contribution in [0.3, 0.4) is 0 Å². The summed E-state index contributed by atoms with van der Waals surface area (Å²) in [5.74, 6) is 0.174. The Balaban J connectivity index is 1.66. The highest BCUT2D eigenvalue weighted by Gasteiger charge is 2.34. The second-order valence-electron chi connectivity index (χ2n) is 5.59. The summed E-state index contributed by atoms with van der Waals surface area (Å²) >= 11 is 1.67. The highest BCUT2D eigenvalue weighted by Crippen LogP contribution is 2.29. The van der Waals surface area contributed by atoms with Gasteiger partial charge in [0.05, 0.1) is 0 Å². The van der Waals surface area contributed by atoms with Crippen molar-refractivity contribution in [3.8, 4) is 0 Å². The number of hydrogen-bond acceptors (Lipinski definition) is 5. The summed E-state index contributed by atoms with van der Waals surface area (Å²) in [5, 5.41) is 4.16. The van der Waals surface area contributed by atoms with Crippen LogP contribution in [0.2, 0.25) is 0 Å². The largest absolute Gasteiger partial charge is 0.433 e. The average molecular weight is 342 g/mol. The maximum Gasteiger partial charge on any atom is 0.433 e. The number of thiophene rings is 1. The summed E-state index contributed by atoms with van der Waals surface area (Å²) in [7, 11) is 0. The molecule has 1 fully saturated rings. The molecule has 3 rings (SSSR count). The lowest BCUT2D eigenvalue weighted by Gasteiger charge is -2.34. The molecule has 4 nitrogen and oxygen atoms in total. The first-order valence-electron chi connectivity index (χ1n) is 7.33. The lowest BCUT2D eigenvalue weighted by atomic mass is 10.2. The highest BCUT2D eigenvalue weighted by atomic mass is 32.1. The third kappa shape index (κ3) is 4.00. The number of piperazine rings is 1. The molecule has 124 valence electrons. The lowest BCUT2D eigenvalue weighted by molar-refractivity contribution is -0.141. The fourth-order valence-electron chi connectivity index (χ4n) is 2.59. The van der Waals surface area contributed by atoms with E-state index in [2.05, 4.69) is 26.3 Å². The highest BCUT2D eigenvalue weighted by molar-refractivity contribution is 7.07. The molecule has 0 saturated carbocycles. The Hall–Kier alpha value is -1.67. The van der Waals surface area contributed by atoms with Gasteiger partial charge in [-0.1, -0.05) is 0 Å². The standard InChI is InChI=1S/C15H17F3N4S/c1-11-8-13(15(16,17)18)20-14(19-11)22-5-3-21(4-6-22)9-12-2-7-23-10-12/h2,7-8,10H,3-6,9H2,1H3. The van der Waals surface area contributed by atoms with Crippen LogP contribution in [0.15, 0.2) is 22.9 Å². The van der Waals surface area contributed by atoms with E-state index in [1.165, 1.54) is 5.56 Å². The molecule has 3 heterocycles. The molecule has 0 aromatic carbocycles. The number of aromatic nitrogens is 2. The van der Waals surface area contributed by atoms with E-state index in [1.807, 2.05) is 10.3 Å². The normalized spacial score (nSPS) is 16.8. The van der Waals surface area contributed by atoms with Crippen molar-refractivity contribution in [3.63, 3.8) is 0 Å². The fourth-order valence-corrected chi connectivity index (χ4v) is 3.25. The van der Waals surface area contributed by atoms with E-state index in [9.17, 15) is 13.2 Å². The molecule has 0 unspecified atom stereocenters. The van der Waals surface area contributed by atoms with Gasteiger partial charge in [0.2, 0.25) is 5.95 Å². The molecule has 1 saturated heterocycles. The maximum absolute atomic E-state index is 12.9. The Morgan fingerprint density at radius 3 is 2.52 bits per heavy atom. The van der Waals surface area contributed by atoms with Crippen LogP contribution >= 0.6 is 11.3 Å². The summed E-state index contributed by atoms with van der Waals surface area (Å²) in [5.41, 5.74) is 0.735. The molecule has 23 heavy (non-hydrogen) atoms. The predicted molar refractivity (Wildman–Crippen MR) is 83.6 cm³/mol. The summed E-state index contributed by atoms with van der Waals surface area (Å²) in [6, 6.07) is 3.08. The Morgan fingerprint density at radius 1 is 1.17 bits per heavy atom. The van der Waals surface area contributed by atoms with Gasteiger partial charge in [0.25, 0.3) is 0 Å². The number of hydrogen-bond donors (Lipinski definition) is 0. The summed E-state index contributed by atoms with van der Waals surface area (Å²) in [6.07, 6.45) is -4.44. The zero-order valence-electron chi connectivity index (χ0n) is 12.7. The van der Waals surface area contributed by atoms with Gasteiger partial charge in [-0.25, -0.2) is 9.97 Å². The molecule has 1 aliphatic heterocycles. The first kappa shape index (κ1) is 16.2. The van der Waals surface area contributed by atoms with Gasteiger partial charge in [-0.3, -0.25) is 4.90 Å². The van der Waals surface area contributed by atoms with E-state index >= 15 is 0 Å². The van der Waals surface area contributed by atoms with Crippen molar-refractivity contribution >= 4 is 17.3 Å². The summed E-state index contributed by atoms with van der Waals surface area (Å²) in [4.78, 5) is 12.0. The molecule has 0 spiro atoms. The van der Waals surface area contributed by atoms with E-state index in [4.69, 9.17) is 0 Å². The number of anilines is 1. The van der Waals surface area contributed by atoms with E-state index in [-0.39, 0.29) is 5.95 Å². The van der Waals surface area contributed by atoms with Gasteiger partial charge in [0.1, 0.15) is 5.69 Å². The second-order valence-corrected chi connectivity index (χ2v) is 6.37. The first-order chi connectivity index (χ1) is 10.9. The van der Waals surface area contributed by atoms with Crippen molar-refractivity contribution in [2.45, 2.75) is 19.6 Å². The fraction of sp³-hybridized carbons (Fsp3) is 0.467. The third-order valence-electron chi connectivity index (χ3n) is 3.77. The van der Waals surface area contributed by atoms with E-state index < -0.39 is 11.9 Å². The summed E-state index contributed by atoms with van der Waals surface area (Å²) < 4.78 is 38.6. The van der Waals surface area contributed by atoms with Crippen LogP contribution in [0.25, 0.3) is 0 Å². The van der Waals surface area contributed by atoms with Crippen LogP contribution in [0.5, 0.6) is 0 Å². The Kier molecular flexibility index (Phi) is 4.54. The topological polar surface area (TPSA) is 32.3 Å². The predicted octanol–water partition coefficient (Wildman–Crippen LogP) is 3.19. The molecule has 0 aliphatic carbocycles. The van der Waals surface area contributed by atoms with Crippen molar-refractivity contribution in [2.75, 3.05) is 31.1 Å². The monoisotopic (exact) mass is 342 g/mol. The quantitative estimate of drug-likeness (QED) is 0.858. The van der Waals surface area contributed by atoms with Crippen LogP contribution in [0.4, 0.5) is 19.1 Å². The zero-order valence-corrected chi connectivity index (χ0v) is 13.5. The molecule has 8 heteroatoms. The molecular weight excluding hydrogens is 325 g/mol. The molecule has 0 bridgehead atoms. The molecule has 0 amide bonds. The molecule has 0 N–H and O–H groups in total. The zero-order chi connectivity index (χ0) is 16.4. The van der Waals surface area contributed by atoms with E-state index in [0.717, 1.165) is 25.7 Å². The molecule has 2 aromatic heterocycles. The molecule has 2 aromatic rings. The molecule has 0 radical (unpaired) electrons. The van der Waals surface area contributed by atoms with Crippen LogP contribution < -0.4 is 4.90 Å². The number of alkyl halides is 3. The SMILES string of the molecule is Cc1cc(C(F)(F)F)nc(N2CCN(Cc3ccsc3)CC2)n1. The average Bonchev–Trinajstić information content (AvgIpc) is 2.99. The van der Waals surface area contributed by atoms with Crippen LogP contribution in [-0.2, 0) is 12.7 Å². The third-order valence-corrected chi connectivity index (χ3v) is 4.51. The van der Waals surface area contributed by atoms with Gasteiger partial charge in [-0.05, 0) is 35.4 Å². The van der Waals surface area contributed by atoms with Crippen molar-refractivity contribution < 1.29 is 13.2 Å². The number of nitrogens with zero attached hydrogens (tertiary/aromatic N) is 4. The minimum absolute atomic E-state index is 0.174. The van der Waals surface area contributed by atoms with Gasteiger partial charge in [0.15, 0.2) is 0 Å². The minimum atomic E-state index is -4.44. The van der Waals surface area contributed by atoms with Crippen molar-refractivity contribution in [1.82, 2.24) is 14.9 Å². The van der Waals surface area contributed by atoms with Gasteiger partial charge in [-0.15, -0.1) is 0 Å². The lowest BCUT2D eigenvalue weighted by Crippen LogP contribution is -2.46. The number of halogens is 3. The smallest absolute Gasteiger partial charge is 0.338 e. The van der Waals surface area contributed by atoms with Gasteiger partial charge in [0, 0.05) is 38.4 Å². The van der Waals surface area contributed by atoms with Gasteiger partial charge in [-0.2, -0.15) is 24.5 Å². The summed E-state index contributed by atoms with van der Waals surface area (Å²) in [6.45, 7) is 5.27. The van der Waals surface area contributed by atoms with Crippen molar-refractivity contribution in [3.05, 3.63) is 39.8 Å². The maximum atomic E-state index is 12.9. The molecular formula is C15H17F3N4S. The number of aryl methyl sites for hydroxylation is 1. The Labute approximate surface area is 136 Å². The van der Waals surface area contributed by atoms with E-state index in [1.54, 1.807) is 18.3 Å². The van der Waals surface area contributed by atoms with E-state index in [0.29, 0.717) is 18.8 Å². The Bertz CT molecular complexity index is 649. The molecule has 0 atom stereocenters. The number of rotatable bonds is 3. The van der Waals surface area contributed by atoms with Crippen LogP contribution in [-0.4, -0.2) is 41.0 Å². The van der Waals surface area contributed by atoms with Crippen molar-refractivity contribution in [2.24, 2.45) is 0 Å². The first-order valence-corrected chi connectivity index (χ1v) is 8.27. The minimum Gasteiger partial charge on any atom is -0.338 e.